The number of hydrogen-bond acceptors (Lipinski definition) is 8. The van der Waals surface area contributed by atoms with Crippen molar-refractivity contribution in [3.63, 3.8) is 0 Å². The molecule has 170 valence electrons. The Morgan fingerprint density at radius 2 is 1.85 bits per heavy atom. The molecule has 1 aliphatic heterocycles. The lowest BCUT2D eigenvalue weighted by atomic mass is 10.2. The Kier molecular flexibility index (Phi) is 5.88. The fraction of sp³-hybridized carbons (Fsp3) is 0.273. The van der Waals surface area contributed by atoms with Gasteiger partial charge in [-0.05, 0) is 38.1 Å². The summed E-state index contributed by atoms with van der Waals surface area (Å²) in [7, 11) is 1.56. The molecule has 11 heteroatoms. The first kappa shape index (κ1) is 22.1. The van der Waals surface area contributed by atoms with Gasteiger partial charge < -0.3 is 19.9 Å². The van der Waals surface area contributed by atoms with Crippen LogP contribution < -0.4 is 10.2 Å². The normalized spacial score (nSPS) is 15.4. The van der Waals surface area contributed by atoms with Gasteiger partial charge in [-0.25, -0.2) is 9.97 Å². The van der Waals surface area contributed by atoms with Crippen LogP contribution in [0.25, 0.3) is 11.4 Å². The molecule has 1 atom stereocenters. The highest BCUT2D eigenvalue weighted by Gasteiger charge is 2.40. The van der Waals surface area contributed by atoms with Gasteiger partial charge in [0.1, 0.15) is 24.0 Å². The summed E-state index contributed by atoms with van der Waals surface area (Å²) < 4.78 is 1.48. The molecule has 0 fully saturated rings. The number of hydrogen-bond donors (Lipinski definition) is 2. The maximum atomic E-state index is 13.3. The van der Waals surface area contributed by atoms with Crippen molar-refractivity contribution in [3.05, 3.63) is 54.1 Å². The van der Waals surface area contributed by atoms with E-state index >= 15 is 0 Å². The Bertz CT molecular complexity index is 1220. The van der Waals surface area contributed by atoms with E-state index in [1.807, 2.05) is 13.0 Å². The fourth-order valence-corrected chi connectivity index (χ4v) is 3.66. The number of pyridine rings is 2. The average molecular weight is 449 g/mol. The number of nitrogens with zero attached hydrogens (tertiary/aromatic N) is 6. The zero-order valence-electron chi connectivity index (χ0n) is 18.4. The van der Waals surface area contributed by atoms with Crippen molar-refractivity contribution in [2.75, 3.05) is 23.8 Å². The molecular formula is C22H23N7O4. The lowest BCUT2D eigenvalue weighted by Gasteiger charge is -2.38. The molecule has 1 unspecified atom stereocenters. The second-order valence-electron chi connectivity index (χ2n) is 7.73. The molecule has 33 heavy (non-hydrogen) atoms. The van der Waals surface area contributed by atoms with Crippen LogP contribution >= 0.6 is 0 Å². The first-order valence-corrected chi connectivity index (χ1v) is 10.2. The van der Waals surface area contributed by atoms with E-state index in [0.29, 0.717) is 17.2 Å². The first-order valence-electron chi connectivity index (χ1n) is 10.2. The number of Topliss-reactive ketones (excluding diaryl/α,β-unsaturated/α-hetero) is 1. The number of fused-ring (bicyclic) bond motifs is 1. The van der Waals surface area contributed by atoms with E-state index in [-0.39, 0.29) is 30.4 Å². The predicted molar refractivity (Wildman–Crippen MR) is 119 cm³/mol. The minimum Gasteiger partial charge on any atom is -0.356 e. The molecule has 11 nitrogen and oxygen atoms in total. The van der Waals surface area contributed by atoms with E-state index < -0.39 is 18.2 Å². The Labute approximate surface area is 189 Å². The van der Waals surface area contributed by atoms with Crippen LogP contribution in [0.3, 0.4) is 0 Å². The summed E-state index contributed by atoms with van der Waals surface area (Å²) in [6, 6.07) is 8.67. The average Bonchev–Trinajstić information content (AvgIpc) is 3.15. The lowest BCUT2D eigenvalue weighted by Crippen LogP contribution is -2.55. The Morgan fingerprint density at radius 3 is 2.52 bits per heavy atom. The van der Waals surface area contributed by atoms with Crippen LogP contribution in [0.15, 0.2) is 42.7 Å². The topological polar surface area (TPSA) is 134 Å². The number of rotatable bonds is 6. The van der Waals surface area contributed by atoms with Gasteiger partial charge in [0.15, 0.2) is 11.5 Å². The van der Waals surface area contributed by atoms with E-state index in [0.717, 1.165) is 10.6 Å². The Morgan fingerprint density at radius 1 is 1.12 bits per heavy atom. The van der Waals surface area contributed by atoms with Gasteiger partial charge in [0.25, 0.3) is 5.91 Å². The highest BCUT2D eigenvalue weighted by Crippen LogP contribution is 2.33. The molecule has 3 aromatic heterocycles. The number of nitrogens with one attached hydrogen (secondary N) is 1. The van der Waals surface area contributed by atoms with Crippen LogP contribution in [0, 0.1) is 6.92 Å². The maximum Gasteiger partial charge on any atom is 0.278 e. The lowest BCUT2D eigenvalue weighted by molar-refractivity contribution is -0.120. The molecule has 0 saturated heterocycles. The molecule has 3 aromatic rings. The van der Waals surface area contributed by atoms with Crippen LogP contribution in [0.4, 0.5) is 11.6 Å². The molecule has 1 aliphatic rings. The number of aryl methyl sites for hydroxylation is 1. The third kappa shape index (κ3) is 4.30. The summed E-state index contributed by atoms with van der Waals surface area (Å²) in [6.07, 6.45) is 1.78. The second-order valence-corrected chi connectivity index (χ2v) is 7.73. The third-order valence-electron chi connectivity index (χ3n) is 5.16. The number of imidazole rings is 1. The summed E-state index contributed by atoms with van der Waals surface area (Å²) in [5, 5.41) is 13.3. The van der Waals surface area contributed by atoms with Crippen molar-refractivity contribution in [3.8, 4) is 11.4 Å². The number of aromatic nitrogens is 4. The van der Waals surface area contributed by atoms with Gasteiger partial charge in [-0.15, -0.1) is 0 Å². The molecular weight excluding hydrogens is 426 g/mol. The summed E-state index contributed by atoms with van der Waals surface area (Å²) in [5.41, 5.74) is 1.48. The van der Waals surface area contributed by atoms with Crippen LogP contribution in [0.1, 0.15) is 23.1 Å². The van der Waals surface area contributed by atoms with Gasteiger partial charge in [-0.3, -0.25) is 24.3 Å². The van der Waals surface area contributed by atoms with Crippen molar-refractivity contribution >= 4 is 29.2 Å². The zero-order valence-corrected chi connectivity index (χ0v) is 18.4. The monoisotopic (exact) mass is 449 g/mol. The van der Waals surface area contributed by atoms with Gasteiger partial charge in [0.2, 0.25) is 12.3 Å². The van der Waals surface area contributed by atoms with Gasteiger partial charge in [-0.2, -0.15) is 0 Å². The summed E-state index contributed by atoms with van der Waals surface area (Å²) in [6.45, 7) is 2.63. The second kappa shape index (κ2) is 8.79. The molecule has 0 aliphatic carbocycles. The number of carbonyl (C=O) groups excluding carboxylic acids is 3. The molecule has 0 bridgehead atoms. The van der Waals surface area contributed by atoms with E-state index in [4.69, 9.17) is 0 Å². The predicted octanol–water partition coefficient (Wildman–Crippen LogP) is 1.04. The SMILES string of the molecule is CC(=O)CN1C(=O)c2c(nc(-c3ccncc3)n2CC(=O)Nc2cccc(C)n2)N(C)C1O. The smallest absolute Gasteiger partial charge is 0.278 e. The fourth-order valence-electron chi connectivity index (χ4n) is 3.66. The molecule has 2 amide bonds. The largest absolute Gasteiger partial charge is 0.356 e. The Balaban J connectivity index is 1.78. The minimum absolute atomic E-state index is 0.100. The summed E-state index contributed by atoms with van der Waals surface area (Å²) in [5.74, 6) is -0.352. The van der Waals surface area contributed by atoms with E-state index in [2.05, 4.69) is 20.3 Å². The first-order chi connectivity index (χ1) is 15.8. The highest BCUT2D eigenvalue weighted by molar-refractivity contribution is 6.02. The third-order valence-corrected chi connectivity index (χ3v) is 5.16. The van der Waals surface area contributed by atoms with Crippen molar-refractivity contribution < 1.29 is 19.5 Å². The molecule has 4 rings (SSSR count). The molecule has 4 heterocycles. The number of anilines is 2. The van der Waals surface area contributed by atoms with E-state index in [1.54, 1.807) is 43.7 Å². The van der Waals surface area contributed by atoms with Gasteiger partial charge in [-0.1, -0.05) is 6.07 Å². The van der Waals surface area contributed by atoms with Crippen LogP contribution in [0.2, 0.25) is 0 Å². The summed E-state index contributed by atoms with van der Waals surface area (Å²) >= 11 is 0. The van der Waals surface area contributed by atoms with Crippen molar-refractivity contribution in [2.24, 2.45) is 0 Å². The number of amides is 2. The molecule has 0 spiro atoms. The quantitative estimate of drug-likeness (QED) is 0.570. The van der Waals surface area contributed by atoms with Gasteiger partial charge in [0.05, 0.1) is 6.54 Å². The van der Waals surface area contributed by atoms with E-state index in [9.17, 15) is 19.5 Å². The van der Waals surface area contributed by atoms with E-state index in [1.165, 1.54) is 16.4 Å². The van der Waals surface area contributed by atoms with Gasteiger partial charge >= 0.3 is 0 Å². The highest BCUT2D eigenvalue weighted by atomic mass is 16.3. The van der Waals surface area contributed by atoms with Crippen molar-refractivity contribution in [1.82, 2.24) is 24.4 Å². The van der Waals surface area contributed by atoms with Crippen molar-refractivity contribution in [1.29, 1.82) is 0 Å². The van der Waals surface area contributed by atoms with Crippen LogP contribution in [-0.4, -0.2) is 67.1 Å². The number of ketones is 1. The number of aliphatic hydroxyl groups excluding tert-OH is 1. The number of aliphatic hydroxyl groups is 1. The van der Waals surface area contributed by atoms with Gasteiger partial charge in [0, 0.05) is 30.7 Å². The molecule has 2 N–H and O–H groups in total. The summed E-state index contributed by atoms with van der Waals surface area (Å²) in [4.78, 5) is 53.2. The minimum atomic E-state index is -1.37. The van der Waals surface area contributed by atoms with Crippen LogP contribution in [0.5, 0.6) is 0 Å². The molecule has 0 saturated carbocycles. The van der Waals surface area contributed by atoms with Crippen molar-refractivity contribution in [2.45, 2.75) is 26.7 Å². The zero-order chi connectivity index (χ0) is 23.7. The standard InChI is InChI=1S/C22H23N7O4/c1-13-5-4-6-16(24-13)25-17(31)12-28-18-20(26-19(28)15-7-9-23-10-8-15)27(3)22(33)29(21(18)32)11-14(2)30/h4-10,22,33H,11-12H2,1-3H3,(H,24,25,31). The molecule has 0 aromatic carbocycles. The molecule has 0 radical (unpaired) electrons. The Hall–Kier alpha value is -4.12. The number of carbonyl (C=O) groups is 3. The van der Waals surface area contributed by atoms with Crippen LogP contribution in [-0.2, 0) is 16.1 Å². The maximum absolute atomic E-state index is 13.3.